The van der Waals surface area contributed by atoms with Gasteiger partial charge in [0.2, 0.25) is 5.89 Å². The molecule has 3 aromatic heterocycles. The van der Waals surface area contributed by atoms with Gasteiger partial charge in [-0.3, -0.25) is 4.57 Å². The Morgan fingerprint density at radius 2 is 1.94 bits per heavy atom. The van der Waals surface area contributed by atoms with Gasteiger partial charge < -0.3 is 9.15 Å². The SMILES string of the molecule is CCS(=O)(=O)c1ccc(-n2ncn(C3CC3)c2=O)nc1-c1nc2cc(OC(F)(F)F)ccc2o1. The van der Waals surface area contributed by atoms with Crippen LogP contribution in [0.5, 0.6) is 5.75 Å². The van der Waals surface area contributed by atoms with E-state index < -0.39 is 27.6 Å². The molecule has 1 aliphatic rings. The van der Waals surface area contributed by atoms with Crippen molar-refractivity contribution in [2.45, 2.75) is 37.1 Å². The lowest BCUT2D eigenvalue weighted by Gasteiger charge is -2.08. The van der Waals surface area contributed by atoms with Gasteiger partial charge in [0.25, 0.3) is 0 Å². The summed E-state index contributed by atoms with van der Waals surface area (Å²) in [5, 5.41) is 4.06. The summed E-state index contributed by atoms with van der Waals surface area (Å²) >= 11 is 0. The highest BCUT2D eigenvalue weighted by Crippen LogP contribution is 2.34. The number of halogens is 3. The third-order valence-electron chi connectivity index (χ3n) is 5.20. The third kappa shape index (κ3) is 4.04. The van der Waals surface area contributed by atoms with E-state index in [1.54, 1.807) is 0 Å². The van der Waals surface area contributed by atoms with Crippen LogP contribution in [-0.2, 0) is 9.84 Å². The number of pyridine rings is 1. The zero-order chi connectivity index (χ0) is 24.3. The second-order valence-corrected chi connectivity index (χ2v) is 9.83. The molecule has 1 saturated carbocycles. The average molecular weight is 495 g/mol. The van der Waals surface area contributed by atoms with Crippen LogP contribution in [0.4, 0.5) is 13.2 Å². The van der Waals surface area contributed by atoms with Crippen LogP contribution in [0.1, 0.15) is 25.8 Å². The van der Waals surface area contributed by atoms with Gasteiger partial charge in [0.05, 0.1) is 10.6 Å². The lowest BCUT2D eigenvalue weighted by molar-refractivity contribution is -0.274. The van der Waals surface area contributed by atoms with Crippen LogP contribution in [0, 0.1) is 0 Å². The standard InChI is InChI=1S/C20H16F3N5O5S/c1-2-34(30,31)15-7-8-16(28-19(29)27(10-24-28)11-3-4-11)26-17(15)18-25-13-9-12(33-20(21,22)23)5-6-14(13)32-18/h5-11H,2-4H2,1H3. The molecule has 1 aliphatic carbocycles. The monoisotopic (exact) mass is 495 g/mol. The van der Waals surface area contributed by atoms with Gasteiger partial charge in [0.15, 0.2) is 21.2 Å². The van der Waals surface area contributed by atoms with Gasteiger partial charge in [-0.1, -0.05) is 6.92 Å². The average Bonchev–Trinajstić information content (AvgIpc) is 3.41. The van der Waals surface area contributed by atoms with Gasteiger partial charge in [-0.05, 0) is 37.1 Å². The largest absolute Gasteiger partial charge is 0.573 e. The highest BCUT2D eigenvalue weighted by Gasteiger charge is 2.32. The van der Waals surface area contributed by atoms with Crippen molar-refractivity contribution < 1.29 is 30.7 Å². The van der Waals surface area contributed by atoms with Crippen molar-refractivity contribution in [3.05, 3.63) is 47.1 Å². The number of hydrogen-bond acceptors (Lipinski definition) is 8. The number of fused-ring (bicyclic) bond motifs is 1. The molecule has 3 heterocycles. The molecule has 10 nitrogen and oxygen atoms in total. The van der Waals surface area contributed by atoms with Crippen LogP contribution >= 0.6 is 0 Å². The Morgan fingerprint density at radius 1 is 1.18 bits per heavy atom. The fourth-order valence-electron chi connectivity index (χ4n) is 3.40. The summed E-state index contributed by atoms with van der Waals surface area (Å²) in [4.78, 5) is 20.9. The molecule has 0 spiro atoms. The van der Waals surface area contributed by atoms with Crippen molar-refractivity contribution in [1.29, 1.82) is 0 Å². The van der Waals surface area contributed by atoms with Crippen molar-refractivity contribution in [2.75, 3.05) is 5.75 Å². The molecule has 0 unspecified atom stereocenters. The smallest absolute Gasteiger partial charge is 0.435 e. The van der Waals surface area contributed by atoms with E-state index >= 15 is 0 Å². The summed E-state index contributed by atoms with van der Waals surface area (Å²) in [6, 6.07) is 5.96. The van der Waals surface area contributed by atoms with Gasteiger partial charge in [-0.2, -0.15) is 9.78 Å². The molecule has 0 saturated heterocycles. The number of ether oxygens (including phenoxy) is 1. The molecule has 178 valence electrons. The summed E-state index contributed by atoms with van der Waals surface area (Å²) in [5.74, 6) is -0.971. The fraction of sp³-hybridized carbons (Fsp3) is 0.300. The minimum atomic E-state index is -4.89. The maximum atomic E-state index is 12.7. The van der Waals surface area contributed by atoms with Gasteiger partial charge in [0.1, 0.15) is 23.3 Å². The van der Waals surface area contributed by atoms with Crippen LogP contribution in [0.15, 0.2) is 50.8 Å². The Kier molecular flexibility index (Phi) is 5.00. The normalized spacial score (nSPS) is 14.6. The predicted octanol–water partition coefficient (Wildman–Crippen LogP) is 3.26. The molecule has 1 aromatic carbocycles. The van der Waals surface area contributed by atoms with E-state index in [9.17, 15) is 26.4 Å². The van der Waals surface area contributed by atoms with Gasteiger partial charge in [-0.15, -0.1) is 13.2 Å². The van der Waals surface area contributed by atoms with Crippen LogP contribution in [0.25, 0.3) is 28.5 Å². The van der Waals surface area contributed by atoms with E-state index in [4.69, 9.17) is 4.42 Å². The number of sulfone groups is 1. The van der Waals surface area contributed by atoms with Crippen molar-refractivity contribution in [3.8, 4) is 23.2 Å². The molecule has 0 atom stereocenters. The number of oxazole rings is 1. The first-order valence-corrected chi connectivity index (χ1v) is 11.8. The molecule has 5 rings (SSSR count). The molecule has 14 heteroatoms. The minimum absolute atomic E-state index is 0.000947. The molecule has 0 amide bonds. The van der Waals surface area contributed by atoms with Gasteiger partial charge >= 0.3 is 12.1 Å². The Hall–Kier alpha value is -3.68. The Balaban J connectivity index is 1.65. The fourth-order valence-corrected chi connectivity index (χ4v) is 4.41. The summed E-state index contributed by atoms with van der Waals surface area (Å²) in [6.07, 6.45) is -1.78. The lowest BCUT2D eigenvalue weighted by Crippen LogP contribution is -2.24. The Labute approximate surface area is 189 Å². The second-order valence-electron chi connectivity index (χ2n) is 7.58. The molecule has 34 heavy (non-hydrogen) atoms. The summed E-state index contributed by atoms with van der Waals surface area (Å²) < 4.78 is 75.0. The number of nitrogens with zero attached hydrogens (tertiary/aromatic N) is 5. The van der Waals surface area contributed by atoms with Crippen LogP contribution in [-0.4, -0.2) is 44.8 Å². The molecule has 0 aliphatic heterocycles. The quantitative estimate of drug-likeness (QED) is 0.400. The number of hydrogen-bond donors (Lipinski definition) is 0. The minimum Gasteiger partial charge on any atom is -0.435 e. The van der Waals surface area contributed by atoms with E-state index in [0.29, 0.717) is 0 Å². The van der Waals surface area contributed by atoms with E-state index in [1.807, 2.05) is 0 Å². The highest BCUT2D eigenvalue weighted by atomic mass is 32.2. The summed E-state index contributed by atoms with van der Waals surface area (Å²) in [6.45, 7) is 1.45. The number of aromatic nitrogens is 5. The van der Waals surface area contributed by atoms with Crippen LogP contribution in [0.3, 0.4) is 0 Å². The van der Waals surface area contributed by atoms with Crippen molar-refractivity contribution in [1.82, 2.24) is 24.3 Å². The third-order valence-corrected chi connectivity index (χ3v) is 6.96. The van der Waals surface area contributed by atoms with Crippen molar-refractivity contribution >= 4 is 20.9 Å². The molecule has 0 radical (unpaired) electrons. The van der Waals surface area contributed by atoms with E-state index in [-0.39, 0.29) is 45.2 Å². The first-order valence-electron chi connectivity index (χ1n) is 10.1. The summed E-state index contributed by atoms with van der Waals surface area (Å²) in [5.41, 5.74) is -0.536. The molecule has 0 N–H and O–H groups in total. The predicted molar refractivity (Wildman–Crippen MR) is 111 cm³/mol. The molecule has 4 aromatic rings. The van der Waals surface area contributed by atoms with Crippen LogP contribution < -0.4 is 10.4 Å². The van der Waals surface area contributed by atoms with E-state index in [1.165, 1.54) is 36.0 Å². The maximum absolute atomic E-state index is 12.7. The Morgan fingerprint density at radius 3 is 2.62 bits per heavy atom. The molecule has 1 fully saturated rings. The molecule has 0 bridgehead atoms. The second kappa shape index (κ2) is 7.68. The van der Waals surface area contributed by atoms with E-state index in [2.05, 4.69) is 19.8 Å². The highest BCUT2D eigenvalue weighted by molar-refractivity contribution is 7.91. The summed E-state index contributed by atoms with van der Waals surface area (Å²) in [7, 11) is -3.80. The number of benzene rings is 1. The molecular formula is C20H16F3N5O5S. The Bertz CT molecular complexity index is 1570. The van der Waals surface area contributed by atoms with Gasteiger partial charge in [0, 0.05) is 12.1 Å². The van der Waals surface area contributed by atoms with Crippen molar-refractivity contribution in [2.24, 2.45) is 0 Å². The lowest BCUT2D eigenvalue weighted by atomic mass is 10.3. The van der Waals surface area contributed by atoms with Gasteiger partial charge in [-0.25, -0.2) is 23.2 Å². The topological polar surface area (TPSA) is 122 Å². The van der Waals surface area contributed by atoms with Crippen molar-refractivity contribution in [3.63, 3.8) is 0 Å². The van der Waals surface area contributed by atoms with E-state index in [0.717, 1.165) is 29.7 Å². The number of alkyl halides is 3. The first kappa shape index (κ1) is 22.1. The molecular weight excluding hydrogens is 479 g/mol. The zero-order valence-electron chi connectivity index (χ0n) is 17.5. The number of rotatable bonds is 6. The zero-order valence-corrected chi connectivity index (χ0v) is 18.3. The first-order chi connectivity index (χ1) is 16.1. The van der Waals surface area contributed by atoms with Crippen LogP contribution in [0.2, 0.25) is 0 Å². The maximum Gasteiger partial charge on any atom is 0.573 e.